The van der Waals surface area contributed by atoms with E-state index in [4.69, 9.17) is 4.74 Å². The minimum absolute atomic E-state index is 0.531. The highest BCUT2D eigenvalue weighted by atomic mass is 16.5. The molecule has 1 aromatic rings. The number of benzene rings is 1. The summed E-state index contributed by atoms with van der Waals surface area (Å²) in [5.41, 5.74) is 2.12. The van der Waals surface area contributed by atoms with Crippen molar-refractivity contribution >= 4 is 0 Å². The SMILES string of the molecule is CCCC/C=C(/C1CCCCC1)C(O)c1ccccc1OC. The molecule has 2 rings (SSSR count). The Balaban J connectivity index is 2.24. The topological polar surface area (TPSA) is 29.5 Å². The van der Waals surface area contributed by atoms with Gasteiger partial charge >= 0.3 is 0 Å². The number of methoxy groups -OCH3 is 1. The second kappa shape index (κ2) is 8.99. The summed E-state index contributed by atoms with van der Waals surface area (Å²) in [6.45, 7) is 2.21. The number of para-hydroxylation sites is 1. The smallest absolute Gasteiger partial charge is 0.124 e. The Hall–Kier alpha value is -1.28. The molecular formula is C20H30O2. The molecule has 0 aromatic heterocycles. The van der Waals surface area contributed by atoms with Crippen LogP contribution in [0.25, 0.3) is 0 Å². The van der Waals surface area contributed by atoms with Crippen LogP contribution in [-0.2, 0) is 0 Å². The van der Waals surface area contributed by atoms with Gasteiger partial charge in [-0.3, -0.25) is 0 Å². The highest BCUT2D eigenvalue weighted by Crippen LogP contribution is 2.39. The molecular weight excluding hydrogens is 272 g/mol. The zero-order chi connectivity index (χ0) is 15.8. The Bertz CT molecular complexity index is 472. The first-order valence-electron chi connectivity index (χ1n) is 8.78. The molecule has 1 aliphatic carbocycles. The van der Waals surface area contributed by atoms with Crippen molar-refractivity contribution in [3.05, 3.63) is 41.5 Å². The van der Waals surface area contributed by atoms with Crippen LogP contribution in [0.5, 0.6) is 5.75 Å². The van der Waals surface area contributed by atoms with E-state index in [1.165, 1.54) is 50.5 Å². The first kappa shape index (κ1) is 17.1. The number of unbranched alkanes of at least 4 members (excludes halogenated alkanes) is 2. The van der Waals surface area contributed by atoms with E-state index in [1.54, 1.807) is 7.11 Å². The predicted octanol–water partition coefficient (Wildman–Crippen LogP) is 5.43. The number of aliphatic hydroxyl groups excluding tert-OH is 1. The lowest BCUT2D eigenvalue weighted by molar-refractivity contribution is 0.186. The maximum atomic E-state index is 11.0. The highest BCUT2D eigenvalue weighted by molar-refractivity contribution is 5.39. The minimum Gasteiger partial charge on any atom is -0.496 e. The van der Waals surface area contributed by atoms with E-state index in [1.807, 2.05) is 24.3 Å². The van der Waals surface area contributed by atoms with Gasteiger partial charge in [0, 0.05) is 5.56 Å². The van der Waals surface area contributed by atoms with Crippen LogP contribution in [-0.4, -0.2) is 12.2 Å². The van der Waals surface area contributed by atoms with Crippen LogP contribution in [0.2, 0.25) is 0 Å². The summed E-state index contributed by atoms with van der Waals surface area (Å²) in [5.74, 6) is 1.32. The Labute approximate surface area is 135 Å². The van der Waals surface area contributed by atoms with Crippen LogP contribution < -0.4 is 4.74 Å². The van der Waals surface area contributed by atoms with E-state index in [-0.39, 0.29) is 0 Å². The number of rotatable bonds is 7. The summed E-state index contributed by atoms with van der Waals surface area (Å²) in [5, 5.41) is 11.0. The molecule has 0 amide bonds. The van der Waals surface area contributed by atoms with Crippen LogP contribution >= 0.6 is 0 Å². The van der Waals surface area contributed by atoms with Gasteiger partial charge < -0.3 is 9.84 Å². The maximum Gasteiger partial charge on any atom is 0.124 e. The summed E-state index contributed by atoms with van der Waals surface area (Å²) in [6, 6.07) is 7.85. The molecule has 1 aromatic carbocycles. The van der Waals surface area contributed by atoms with Gasteiger partial charge in [-0.25, -0.2) is 0 Å². The third-order valence-electron chi connectivity index (χ3n) is 4.76. The van der Waals surface area contributed by atoms with Gasteiger partial charge in [0.1, 0.15) is 11.9 Å². The molecule has 122 valence electrons. The van der Waals surface area contributed by atoms with Gasteiger partial charge in [-0.1, -0.05) is 63.3 Å². The Morgan fingerprint density at radius 1 is 1.27 bits per heavy atom. The normalized spacial score (nSPS) is 18.2. The van der Waals surface area contributed by atoms with Crippen molar-refractivity contribution in [3.63, 3.8) is 0 Å². The first-order chi connectivity index (χ1) is 10.8. The van der Waals surface area contributed by atoms with Gasteiger partial charge in [0.05, 0.1) is 7.11 Å². The third-order valence-corrected chi connectivity index (χ3v) is 4.76. The average molecular weight is 302 g/mol. The Kier molecular flexibility index (Phi) is 6.98. The lowest BCUT2D eigenvalue weighted by Gasteiger charge is -2.28. The molecule has 0 heterocycles. The number of hydrogen-bond acceptors (Lipinski definition) is 2. The number of ether oxygens (including phenoxy) is 1. The number of allylic oxidation sites excluding steroid dienone is 1. The fourth-order valence-corrected chi connectivity index (χ4v) is 3.48. The van der Waals surface area contributed by atoms with E-state index >= 15 is 0 Å². The molecule has 0 spiro atoms. The Morgan fingerprint density at radius 3 is 2.68 bits per heavy atom. The predicted molar refractivity (Wildman–Crippen MR) is 92.1 cm³/mol. The number of hydrogen-bond donors (Lipinski definition) is 1. The molecule has 1 unspecified atom stereocenters. The largest absolute Gasteiger partial charge is 0.496 e. The molecule has 2 nitrogen and oxygen atoms in total. The van der Waals surface area contributed by atoms with E-state index < -0.39 is 6.10 Å². The second-order valence-corrected chi connectivity index (χ2v) is 6.33. The summed E-state index contributed by atoms with van der Waals surface area (Å²) in [4.78, 5) is 0. The zero-order valence-corrected chi connectivity index (χ0v) is 14.1. The maximum absolute atomic E-state index is 11.0. The standard InChI is InChI=1S/C20H30O2/c1-3-4-6-13-17(16-11-7-5-8-12-16)20(21)18-14-9-10-15-19(18)22-2/h9-10,13-16,20-21H,3-8,11-12H2,1-2H3/b17-13-. The van der Waals surface area contributed by atoms with Crippen molar-refractivity contribution in [2.24, 2.45) is 5.92 Å². The lowest BCUT2D eigenvalue weighted by Crippen LogP contribution is -2.16. The van der Waals surface area contributed by atoms with Gasteiger partial charge in [0.25, 0.3) is 0 Å². The third kappa shape index (κ3) is 4.36. The molecule has 22 heavy (non-hydrogen) atoms. The zero-order valence-electron chi connectivity index (χ0n) is 14.1. The fraction of sp³-hybridized carbons (Fsp3) is 0.600. The van der Waals surface area contributed by atoms with Gasteiger partial charge in [-0.2, -0.15) is 0 Å². The molecule has 2 heteroatoms. The highest BCUT2D eigenvalue weighted by Gasteiger charge is 2.25. The molecule has 0 radical (unpaired) electrons. The fourth-order valence-electron chi connectivity index (χ4n) is 3.48. The van der Waals surface area contributed by atoms with Crippen LogP contribution in [0.3, 0.4) is 0 Å². The van der Waals surface area contributed by atoms with E-state index in [2.05, 4.69) is 13.0 Å². The first-order valence-corrected chi connectivity index (χ1v) is 8.78. The number of aliphatic hydroxyl groups is 1. The van der Waals surface area contributed by atoms with E-state index in [0.717, 1.165) is 17.7 Å². The molecule has 1 N–H and O–H groups in total. The average Bonchev–Trinajstić information content (AvgIpc) is 2.59. The quantitative estimate of drug-likeness (QED) is 0.538. The molecule has 0 aliphatic heterocycles. The summed E-state index contributed by atoms with van der Waals surface area (Å²) in [6.07, 6.45) is 11.6. The van der Waals surface area contributed by atoms with Crippen molar-refractivity contribution in [2.75, 3.05) is 7.11 Å². The molecule has 1 saturated carbocycles. The van der Waals surface area contributed by atoms with Gasteiger partial charge in [-0.05, 0) is 36.8 Å². The van der Waals surface area contributed by atoms with Crippen LogP contribution in [0, 0.1) is 5.92 Å². The molecule has 1 atom stereocenters. The summed E-state index contributed by atoms with van der Waals surface area (Å²) in [7, 11) is 1.67. The van der Waals surface area contributed by atoms with Crippen LogP contribution in [0.15, 0.2) is 35.9 Å². The van der Waals surface area contributed by atoms with Crippen LogP contribution in [0.4, 0.5) is 0 Å². The van der Waals surface area contributed by atoms with Crippen LogP contribution in [0.1, 0.15) is 70.0 Å². The molecule has 1 fully saturated rings. The summed E-state index contributed by atoms with van der Waals surface area (Å²) >= 11 is 0. The lowest BCUT2D eigenvalue weighted by atomic mass is 9.79. The van der Waals surface area contributed by atoms with Crippen molar-refractivity contribution in [1.82, 2.24) is 0 Å². The Morgan fingerprint density at radius 2 is 2.00 bits per heavy atom. The van der Waals surface area contributed by atoms with E-state index in [0.29, 0.717) is 5.92 Å². The van der Waals surface area contributed by atoms with Crippen molar-refractivity contribution in [3.8, 4) is 5.75 Å². The summed E-state index contributed by atoms with van der Waals surface area (Å²) < 4.78 is 5.44. The molecule has 0 bridgehead atoms. The van der Waals surface area contributed by atoms with Gasteiger partial charge in [0.2, 0.25) is 0 Å². The van der Waals surface area contributed by atoms with Crippen molar-refractivity contribution in [2.45, 2.75) is 64.4 Å². The molecule has 0 saturated heterocycles. The monoisotopic (exact) mass is 302 g/mol. The molecule has 1 aliphatic rings. The second-order valence-electron chi connectivity index (χ2n) is 6.33. The van der Waals surface area contributed by atoms with Gasteiger partial charge in [0.15, 0.2) is 0 Å². The van der Waals surface area contributed by atoms with Crippen molar-refractivity contribution < 1.29 is 9.84 Å². The van der Waals surface area contributed by atoms with E-state index in [9.17, 15) is 5.11 Å². The minimum atomic E-state index is -0.531. The van der Waals surface area contributed by atoms with Crippen molar-refractivity contribution in [1.29, 1.82) is 0 Å². The van der Waals surface area contributed by atoms with Gasteiger partial charge in [-0.15, -0.1) is 0 Å².